The van der Waals surface area contributed by atoms with E-state index in [0.29, 0.717) is 16.9 Å². The molecule has 0 aliphatic rings. The Balaban J connectivity index is 0.000000391. The van der Waals surface area contributed by atoms with E-state index in [4.69, 9.17) is 4.74 Å². The fourth-order valence-corrected chi connectivity index (χ4v) is 5.08. The van der Waals surface area contributed by atoms with Crippen molar-refractivity contribution in [2.45, 2.75) is 112 Å². The summed E-state index contributed by atoms with van der Waals surface area (Å²) in [5.41, 5.74) is 7.09. The van der Waals surface area contributed by atoms with Crippen LogP contribution in [0.5, 0.6) is 11.5 Å². The number of benzene rings is 4. The first-order chi connectivity index (χ1) is 23.5. The first-order valence-corrected chi connectivity index (χ1v) is 17.5. The smallest absolute Gasteiger partial charge is 0.308 e. The predicted molar refractivity (Wildman–Crippen MR) is 217 cm³/mol. The second-order valence-corrected chi connectivity index (χ2v) is 16.9. The molecule has 281 valence electrons. The van der Waals surface area contributed by atoms with Crippen molar-refractivity contribution in [3.8, 4) is 11.5 Å². The van der Waals surface area contributed by atoms with Crippen molar-refractivity contribution < 1.29 is 31.7 Å². The first-order valence-electron chi connectivity index (χ1n) is 17.5. The second kappa shape index (κ2) is 19.0. The van der Waals surface area contributed by atoms with Crippen LogP contribution in [0, 0.1) is 12.8 Å². The average Bonchev–Trinajstić information content (AvgIpc) is 3.03. The van der Waals surface area contributed by atoms with Crippen LogP contribution in [0.25, 0.3) is 10.8 Å². The Bertz CT molecular complexity index is 1710. The Morgan fingerprint density at radius 3 is 1.29 bits per heavy atom. The average molecular weight is 742 g/mol. The zero-order valence-electron chi connectivity index (χ0n) is 33.4. The predicted octanol–water partition coefficient (Wildman–Crippen LogP) is 11.7. The van der Waals surface area contributed by atoms with E-state index >= 15 is 0 Å². The number of hydrogen-bond donors (Lipinski definition) is 1. The molecule has 4 aromatic rings. The van der Waals surface area contributed by atoms with Crippen LogP contribution in [-0.2, 0) is 43.5 Å². The topological polar surface area (TPSA) is 91.1 Å². The SMILES string of the molecule is CC(=O)Oc1c(C=[N-])cc(C(C)(C)C)cc1C(C)(C)C.CC(C)(C)c1cc(C=[N-])c(O)c(C(C)(C)C)c1.[Mn].c1ccc([CH-][CH-]c2ccccc2)cc1. The van der Waals surface area contributed by atoms with Crippen LogP contribution in [-0.4, -0.2) is 23.5 Å². The summed E-state index contributed by atoms with van der Waals surface area (Å²) in [6.45, 7) is 26.4. The molecule has 0 saturated heterocycles. The number of aromatic hydroxyl groups is 1. The molecule has 0 saturated carbocycles. The third-order valence-electron chi connectivity index (χ3n) is 8.20. The molecule has 0 aliphatic carbocycles. The van der Waals surface area contributed by atoms with Crippen molar-refractivity contribution in [2.75, 3.05) is 0 Å². The second-order valence-electron chi connectivity index (χ2n) is 16.9. The number of ether oxygens (including phenoxy) is 1. The Morgan fingerprint density at radius 2 is 0.962 bits per heavy atom. The molecule has 0 amide bonds. The third-order valence-corrected chi connectivity index (χ3v) is 8.20. The van der Waals surface area contributed by atoms with Crippen LogP contribution in [0.3, 0.4) is 0 Å². The minimum absolute atomic E-state index is 0. The summed E-state index contributed by atoms with van der Waals surface area (Å²) < 4.78 is 5.33. The van der Waals surface area contributed by atoms with E-state index < -0.39 is 0 Å². The van der Waals surface area contributed by atoms with E-state index in [2.05, 4.69) is 126 Å². The zero-order chi connectivity index (χ0) is 38.8. The van der Waals surface area contributed by atoms with Gasteiger partial charge >= 0.3 is 5.97 Å². The molecule has 6 heteroatoms. The van der Waals surface area contributed by atoms with Crippen molar-refractivity contribution in [3.05, 3.63) is 153 Å². The van der Waals surface area contributed by atoms with Crippen LogP contribution in [0.2, 0.25) is 0 Å². The zero-order valence-corrected chi connectivity index (χ0v) is 34.6. The molecule has 0 unspecified atom stereocenters. The molecule has 5 nitrogen and oxygen atoms in total. The summed E-state index contributed by atoms with van der Waals surface area (Å²) in [6, 6.07) is 28.4. The van der Waals surface area contributed by atoms with Gasteiger partial charge in [0, 0.05) is 35.1 Å². The Hall–Kier alpha value is -4.25. The maximum Gasteiger partial charge on any atom is 0.308 e. The molecule has 52 heavy (non-hydrogen) atoms. The normalized spacial score (nSPS) is 11.3. The molecule has 0 atom stereocenters. The van der Waals surface area contributed by atoms with Crippen LogP contribution in [0.4, 0.5) is 0 Å². The molecule has 1 N–H and O–H groups in total. The standard InChI is InChI=1S/C17H24NO2.C15H22NO.C14H12.Mn/c1-11(19)20-15-12(10-18)8-13(16(2,3)4)9-14(15)17(5,6)7;1-14(2,3)11-7-10(9-16)13(17)12(8-11)15(4,5)6;1-3-7-13(8-4-1)11-12-14-9-5-2-6-10-14;/h8-10H,1-7H3;7-9,17H,1-6H3;1-12H;/q2*-1;-2;. The van der Waals surface area contributed by atoms with Crippen LogP contribution in [0.15, 0.2) is 84.9 Å². The summed E-state index contributed by atoms with van der Waals surface area (Å²) in [6.07, 6.45) is 6.22. The van der Waals surface area contributed by atoms with Crippen molar-refractivity contribution in [2.24, 2.45) is 0 Å². The monoisotopic (exact) mass is 741 g/mol. The summed E-state index contributed by atoms with van der Waals surface area (Å²) in [5.74, 6) is 0.232. The van der Waals surface area contributed by atoms with Gasteiger partial charge in [-0.05, 0) is 56.0 Å². The molecule has 0 aliphatic heterocycles. The van der Waals surface area contributed by atoms with Gasteiger partial charge < -0.3 is 20.7 Å². The fourth-order valence-electron chi connectivity index (χ4n) is 5.08. The summed E-state index contributed by atoms with van der Waals surface area (Å²) in [7, 11) is 0. The molecular weight excluding hydrogens is 683 g/mol. The number of carbonyl (C=O) groups excluding carboxylic acids is 1. The van der Waals surface area contributed by atoms with Crippen molar-refractivity contribution in [1.29, 1.82) is 0 Å². The maximum absolute atomic E-state index is 11.3. The Morgan fingerprint density at radius 1 is 0.596 bits per heavy atom. The maximum atomic E-state index is 11.3. The van der Waals surface area contributed by atoms with Gasteiger partial charge in [0.05, 0.1) is 0 Å². The van der Waals surface area contributed by atoms with Gasteiger partial charge in [-0.1, -0.05) is 107 Å². The van der Waals surface area contributed by atoms with E-state index in [-0.39, 0.29) is 50.4 Å². The van der Waals surface area contributed by atoms with E-state index in [0.717, 1.165) is 34.7 Å². The van der Waals surface area contributed by atoms with E-state index in [1.807, 2.05) is 54.6 Å². The number of esters is 1. The molecule has 0 aromatic heterocycles. The van der Waals surface area contributed by atoms with Crippen molar-refractivity contribution in [1.82, 2.24) is 0 Å². The van der Waals surface area contributed by atoms with Gasteiger partial charge in [0.15, 0.2) is 0 Å². The van der Waals surface area contributed by atoms with Gasteiger partial charge in [-0.25, -0.2) is 24.0 Å². The third kappa shape index (κ3) is 14.1. The largest absolute Gasteiger partial charge is 0.810 e. The van der Waals surface area contributed by atoms with Gasteiger partial charge in [-0.3, -0.25) is 4.79 Å². The van der Waals surface area contributed by atoms with Gasteiger partial charge in [-0.15, -0.1) is 24.3 Å². The molecule has 4 aromatic carbocycles. The van der Waals surface area contributed by atoms with Crippen LogP contribution < -0.4 is 4.74 Å². The summed E-state index contributed by atoms with van der Waals surface area (Å²) in [5, 5.41) is 28.8. The van der Waals surface area contributed by atoms with Crippen molar-refractivity contribution in [3.63, 3.8) is 0 Å². The number of phenols is 1. The quantitative estimate of drug-likeness (QED) is 0.0701. The molecule has 0 fully saturated rings. The van der Waals surface area contributed by atoms with Gasteiger partial charge in [0.2, 0.25) is 0 Å². The Kier molecular flexibility index (Phi) is 16.7. The number of hydrogen-bond acceptors (Lipinski definition) is 3. The van der Waals surface area contributed by atoms with Gasteiger partial charge in [-0.2, -0.15) is 36.7 Å². The molecule has 0 spiro atoms. The van der Waals surface area contributed by atoms with Crippen molar-refractivity contribution >= 4 is 18.4 Å². The Labute approximate surface area is 325 Å². The fraction of sp³-hybridized carbons (Fsp3) is 0.370. The number of rotatable bonds is 6. The van der Waals surface area contributed by atoms with Crippen LogP contribution >= 0.6 is 0 Å². The van der Waals surface area contributed by atoms with E-state index in [1.165, 1.54) is 18.1 Å². The van der Waals surface area contributed by atoms with Crippen LogP contribution in [0.1, 0.15) is 135 Å². The van der Waals surface area contributed by atoms with Gasteiger partial charge in [0.1, 0.15) is 11.5 Å². The molecular formula is C46H58MnN2O3-4. The van der Waals surface area contributed by atoms with Gasteiger partial charge in [0.25, 0.3) is 0 Å². The number of nitrogens with zero attached hydrogens (tertiary/aromatic N) is 2. The summed E-state index contributed by atoms with van der Waals surface area (Å²) in [4.78, 5) is 11.3. The number of phenolic OH excluding ortho intramolecular Hbond substituents is 1. The molecule has 0 bridgehead atoms. The number of carbonyl (C=O) groups is 1. The minimum atomic E-state index is -0.387. The first kappa shape index (κ1) is 45.8. The molecule has 0 heterocycles. The summed E-state index contributed by atoms with van der Waals surface area (Å²) >= 11 is 0. The minimum Gasteiger partial charge on any atom is -0.810 e. The van der Waals surface area contributed by atoms with E-state index in [9.17, 15) is 20.7 Å². The molecule has 1 radical (unpaired) electrons. The molecule has 4 rings (SSSR count). The van der Waals surface area contributed by atoms with E-state index in [1.54, 1.807) is 0 Å².